The van der Waals surface area contributed by atoms with Crippen LogP contribution in [0.2, 0.25) is 25.2 Å². The van der Waals surface area contributed by atoms with Crippen LogP contribution in [0.3, 0.4) is 0 Å². The number of ketones is 2. The monoisotopic (exact) mass is 184 g/mol. The molecule has 0 N–H and O–H groups in total. The van der Waals surface area contributed by atoms with Gasteiger partial charge in [0.1, 0.15) is 0 Å². The van der Waals surface area contributed by atoms with E-state index in [1.54, 1.807) is 0 Å². The Hall–Kier alpha value is -0.443. The van der Waals surface area contributed by atoms with Crippen molar-refractivity contribution < 1.29 is 9.59 Å². The van der Waals surface area contributed by atoms with Crippen LogP contribution in [0, 0.1) is 0 Å². The number of carbonyl (C=O) groups excluding carboxylic acids is 2. The fourth-order valence-corrected chi connectivity index (χ4v) is 3.76. The first-order valence-corrected chi connectivity index (χ1v) is 8.07. The molecule has 1 unspecified atom stereocenters. The Labute approximate surface area is 74.4 Å². The minimum absolute atomic E-state index is 0.0829. The van der Waals surface area contributed by atoms with Gasteiger partial charge in [-0.1, -0.05) is 19.6 Å². The molecule has 0 aromatic rings. The Morgan fingerprint density at radius 3 is 2.25 bits per heavy atom. The zero-order valence-corrected chi connectivity index (χ0v) is 9.02. The van der Waals surface area contributed by atoms with Gasteiger partial charge in [-0.2, -0.15) is 0 Å². The Bertz CT molecular complexity index is 215. The van der Waals surface area contributed by atoms with E-state index >= 15 is 0 Å². The smallest absolute Gasteiger partial charge is 0.198 e. The van der Waals surface area contributed by atoms with Gasteiger partial charge in [0.25, 0.3) is 0 Å². The molecule has 0 saturated heterocycles. The predicted octanol–water partition coefficient (Wildman–Crippen LogP) is 2.02. The van der Waals surface area contributed by atoms with Crippen LogP contribution in [0.5, 0.6) is 0 Å². The summed E-state index contributed by atoms with van der Waals surface area (Å²) in [6.45, 7) is 6.48. The van der Waals surface area contributed by atoms with Crippen LogP contribution in [-0.4, -0.2) is 19.6 Å². The van der Waals surface area contributed by atoms with E-state index in [2.05, 4.69) is 19.6 Å². The van der Waals surface area contributed by atoms with E-state index in [0.29, 0.717) is 6.42 Å². The van der Waals surface area contributed by atoms with Gasteiger partial charge in [0.15, 0.2) is 11.6 Å². The Kier molecular flexibility index (Phi) is 2.51. The molecule has 3 heteroatoms. The largest absolute Gasteiger partial charge is 0.291 e. The van der Waals surface area contributed by atoms with Gasteiger partial charge in [-0.25, -0.2) is 0 Å². The zero-order valence-electron chi connectivity index (χ0n) is 8.02. The van der Waals surface area contributed by atoms with Gasteiger partial charge in [-0.15, -0.1) is 0 Å². The summed E-state index contributed by atoms with van der Waals surface area (Å²) in [6, 6.07) is 0. The van der Waals surface area contributed by atoms with E-state index in [1.165, 1.54) is 0 Å². The first-order chi connectivity index (χ1) is 5.43. The Balaban J connectivity index is 2.78. The number of rotatable bonds is 1. The number of hydrogen-bond acceptors (Lipinski definition) is 2. The lowest BCUT2D eigenvalue weighted by atomic mass is 9.97. The summed E-state index contributed by atoms with van der Waals surface area (Å²) in [6.07, 6.45) is 2.35. The van der Waals surface area contributed by atoms with Crippen molar-refractivity contribution in [1.29, 1.82) is 0 Å². The molecule has 0 bridgehead atoms. The molecule has 0 spiro atoms. The van der Waals surface area contributed by atoms with Crippen LogP contribution in [0.1, 0.15) is 19.3 Å². The maximum absolute atomic E-state index is 11.5. The van der Waals surface area contributed by atoms with Gasteiger partial charge in [0.05, 0.1) is 8.07 Å². The normalized spacial score (nSPS) is 26.1. The molecular formula is C9H16O2Si. The zero-order chi connectivity index (χ0) is 9.35. The van der Waals surface area contributed by atoms with Crippen LogP contribution in [0.15, 0.2) is 0 Å². The van der Waals surface area contributed by atoms with Gasteiger partial charge < -0.3 is 0 Å². The topological polar surface area (TPSA) is 34.1 Å². The van der Waals surface area contributed by atoms with Crippen molar-refractivity contribution in [2.45, 2.75) is 44.4 Å². The number of carbonyl (C=O) groups is 2. The lowest BCUT2D eigenvalue weighted by Crippen LogP contribution is -2.39. The summed E-state index contributed by atoms with van der Waals surface area (Å²) in [4.78, 5) is 22.6. The lowest BCUT2D eigenvalue weighted by molar-refractivity contribution is -0.138. The fourth-order valence-electron chi connectivity index (χ4n) is 1.74. The summed E-state index contributed by atoms with van der Waals surface area (Å²) in [7, 11) is -1.43. The van der Waals surface area contributed by atoms with Crippen LogP contribution in [0.4, 0.5) is 0 Å². The third-order valence-corrected chi connectivity index (χ3v) is 5.17. The summed E-state index contributed by atoms with van der Waals surface area (Å²) >= 11 is 0. The highest BCUT2D eigenvalue weighted by Crippen LogP contribution is 2.32. The molecule has 1 fully saturated rings. The lowest BCUT2D eigenvalue weighted by Gasteiger charge is -2.29. The maximum atomic E-state index is 11.5. The molecular weight excluding hydrogens is 168 g/mol. The van der Waals surface area contributed by atoms with Crippen molar-refractivity contribution in [2.24, 2.45) is 0 Å². The van der Waals surface area contributed by atoms with E-state index in [-0.39, 0.29) is 17.1 Å². The summed E-state index contributed by atoms with van der Waals surface area (Å²) < 4.78 is 0. The van der Waals surface area contributed by atoms with Crippen molar-refractivity contribution in [3.05, 3.63) is 0 Å². The second kappa shape index (κ2) is 3.13. The molecule has 0 aliphatic heterocycles. The van der Waals surface area contributed by atoms with E-state index < -0.39 is 8.07 Å². The minimum atomic E-state index is -1.43. The molecule has 1 saturated carbocycles. The SMILES string of the molecule is C[Si](C)(C)C1CCCC(=O)C1=O. The van der Waals surface area contributed by atoms with Crippen molar-refractivity contribution in [3.63, 3.8) is 0 Å². The van der Waals surface area contributed by atoms with Crippen molar-refractivity contribution in [2.75, 3.05) is 0 Å². The van der Waals surface area contributed by atoms with Gasteiger partial charge in [-0.3, -0.25) is 9.59 Å². The number of Topliss-reactive ketones (excluding diaryl/α,β-unsaturated/α-hetero) is 2. The number of hydrogen-bond donors (Lipinski definition) is 0. The predicted molar refractivity (Wildman–Crippen MR) is 51.0 cm³/mol. The first-order valence-electron chi connectivity index (χ1n) is 4.50. The highest BCUT2D eigenvalue weighted by Gasteiger charge is 2.38. The van der Waals surface area contributed by atoms with Crippen molar-refractivity contribution in [1.82, 2.24) is 0 Å². The van der Waals surface area contributed by atoms with E-state index in [9.17, 15) is 9.59 Å². The Morgan fingerprint density at radius 2 is 1.83 bits per heavy atom. The molecule has 1 aliphatic rings. The highest BCUT2D eigenvalue weighted by atomic mass is 28.3. The van der Waals surface area contributed by atoms with Gasteiger partial charge >= 0.3 is 0 Å². The highest BCUT2D eigenvalue weighted by molar-refractivity contribution is 6.82. The summed E-state index contributed by atoms with van der Waals surface area (Å²) in [5.74, 6) is -0.214. The second-order valence-corrected chi connectivity index (χ2v) is 10.0. The quantitative estimate of drug-likeness (QED) is 0.461. The molecule has 0 amide bonds. The molecule has 0 aromatic carbocycles. The molecule has 2 nitrogen and oxygen atoms in total. The van der Waals surface area contributed by atoms with Gasteiger partial charge in [0.2, 0.25) is 0 Å². The van der Waals surface area contributed by atoms with Crippen LogP contribution in [-0.2, 0) is 9.59 Å². The van der Waals surface area contributed by atoms with E-state index in [1.807, 2.05) is 0 Å². The molecule has 0 heterocycles. The third kappa shape index (κ3) is 1.83. The van der Waals surface area contributed by atoms with Crippen LogP contribution in [0.25, 0.3) is 0 Å². The van der Waals surface area contributed by atoms with Crippen LogP contribution >= 0.6 is 0 Å². The second-order valence-electron chi connectivity index (χ2n) is 4.60. The van der Waals surface area contributed by atoms with Crippen molar-refractivity contribution >= 4 is 19.6 Å². The summed E-state index contributed by atoms with van der Waals surface area (Å²) in [5, 5.41) is 0. The molecule has 0 radical (unpaired) electrons. The molecule has 1 rings (SSSR count). The Morgan fingerprint density at radius 1 is 1.25 bits per heavy atom. The van der Waals surface area contributed by atoms with Crippen molar-refractivity contribution in [3.8, 4) is 0 Å². The molecule has 0 aromatic heterocycles. The average molecular weight is 184 g/mol. The molecule has 12 heavy (non-hydrogen) atoms. The molecule has 1 atom stereocenters. The van der Waals surface area contributed by atoms with Gasteiger partial charge in [-0.05, 0) is 12.8 Å². The summed E-state index contributed by atoms with van der Waals surface area (Å²) in [5.41, 5.74) is 0.0961. The van der Waals surface area contributed by atoms with Gasteiger partial charge in [0, 0.05) is 12.0 Å². The fraction of sp³-hybridized carbons (Fsp3) is 0.778. The first kappa shape index (κ1) is 9.64. The molecule has 1 aliphatic carbocycles. The standard InChI is InChI=1S/C9H16O2Si/c1-12(2,3)8-6-4-5-7(10)9(8)11/h8H,4-6H2,1-3H3. The third-order valence-electron chi connectivity index (χ3n) is 2.53. The van der Waals surface area contributed by atoms with E-state index in [0.717, 1.165) is 12.8 Å². The van der Waals surface area contributed by atoms with Crippen LogP contribution < -0.4 is 0 Å². The van der Waals surface area contributed by atoms with E-state index in [4.69, 9.17) is 0 Å². The average Bonchev–Trinajstić information content (AvgIpc) is 1.92. The molecule has 68 valence electrons. The minimum Gasteiger partial charge on any atom is -0.291 e. The maximum Gasteiger partial charge on any atom is 0.198 e.